The van der Waals surface area contributed by atoms with Crippen LogP contribution in [0.1, 0.15) is 69.0 Å². The van der Waals surface area contributed by atoms with E-state index in [9.17, 15) is 22.8 Å². The fourth-order valence-electron chi connectivity index (χ4n) is 5.28. The van der Waals surface area contributed by atoms with E-state index in [1.807, 2.05) is 12.1 Å². The van der Waals surface area contributed by atoms with Gasteiger partial charge in [-0.25, -0.2) is 18.0 Å². The molecule has 5 nitrogen and oxygen atoms in total. The summed E-state index contributed by atoms with van der Waals surface area (Å²) in [6.07, 6.45) is 3.78. The molecule has 0 aliphatic carbocycles. The molecule has 0 aromatic heterocycles. The Hall–Kier alpha value is -2.87. The summed E-state index contributed by atoms with van der Waals surface area (Å²) in [5, 5.41) is 2.86. The summed E-state index contributed by atoms with van der Waals surface area (Å²) in [7, 11) is 0. The van der Waals surface area contributed by atoms with Crippen LogP contribution in [0.5, 0.6) is 0 Å². The molecule has 1 N–H and O–H groups in total. The normalized spacial score (nSPS) is 21.0. The molecule has 2 saturated heterocycles. The molecule has 2 heterocycles. The van der Waals surface area contributed by atoms with Crippen molar-refractivity contribution in [3.05, 3.63) is 71.0 Å². The van der Waals surface area contributed by atoms with Crippen molar-refractivity contribution >= 4 is 11.9 Å². The second kappa shape index (κ2) is 11.0. The lowest BCUT2D eigenvalue weighted by molar-refractivity contribution is -0.143. The summed E-state index contributed by atoms with van der Waals surface area (Å²) in [5.41, 5.74) is 0.881. The summed E-state index contributed by atoms with van der Waals surface area (Å²) >= 11 is 0. The minimum atomic E-state index is -0.992. The number of hydrogen-bond donors (Lipinski definition) is 1. The predicted octanol–water partition coefficient (Wildman–Crippen LogP) is 5.77. The smallest absolute Gasteiger partial charge is 0.324 e. The van der Waals surface area contributed by atoms with Crippen LogP contribution in [0.3, 0.4) is 0 Å². The Morgan fingerprint density at radius 1 is 0.972 bits per heavy atom. The SMILES string of the molecule is CC1(C)CCC(c2ccc(F)c(F)c2)N(C(=O)NCCCN2CCC(c3ccc(F)cc3)CC2)C1=O. The number of carbonyl (C=O) groups excluding carboxylic acids is 2. The molecule has 1 unspecified atom stereocenters. The molecule has 4 rings (SSSR count). The van der Waals surface area contributed by atoms with Crippen LogP contribution in [-0.4, -0.2) is 47.9 Å². The number of rotatable bonds is 6. The van der Waals surface area contributed by atoms with E-state index in [0.29, 0.717) is 30.9 Å². The average molecular weight is 502 g/mol. The minimum absolute atomic E-state index is 0.218. The monoisotopic (exact) mass is 501 g/mol. The molecule has 3 amide bonds. The van der Waals surface area contributed by atoms with Crippen molar-refractivity contribution < 1.29 is 22.8 Å². The summed E-state index contributed by atoms with van der Waals surface area (Å²) in [6.45, 7) is 6.70. The van der Waals surface area contributed by atoms with E-state index in [0.717, 1.165) is 51.0 Å². The van der Waals surface area contributed by atoms with Gasteiger partial charge in [0.05, 0.1) is 6.04 Å². The summed E-state index contributed by atoms with van der Waals surface area (Å²) in [5.74, 6) is -2.05. The standard InChI is InChI=1S/C28H34F3N3O2/c1-28(2)13-10-25(21-6-9-23(30)24(31)18-21)34(26(28)35)27(36)32-14-3-15-33-16-11-20(12-17-33)19-4-7-22(29)8-5-19/h4-9,18,20,25H,3,10-17H2,1-2H3,(H,32,36). The van der Waals surface area contributed by atoms with Gasteiger partial charge in [0.25, 0.3) is 0 Å². The molecular formula is C28H34F3N3O2. The molecule has 8 heteroatoms. The fraction of sp³-hybridized carbons (Fsp3) is 0.500. The highest BCUT2D eigenvalue weighted by Crippen LogP contribution is 2.40. The van der Waals surface area contributed by atoms with Crippen molar-refractivity contribution in [3.63, 3.8) is 0 Å². The fourth-order valence-corrected chi connectivity index (χ4v) is 5.28. The third-order valence-corrected chi connectivity index (χ3v) is 7.56. The second-order valence-corrected chi connectivity index (χ2v) is 10.5. The Morgan fingerprint density at radius 3 is 2.31 bits per heavy atom. The molecule has 2 aromatic carbocycles. The number of halogens is 3. The van der Waals surface area contributed by atoms with Gasteiger partial charge >= 0.3 is 6.03 Å². The van der Waals surface area contributed by atoms with Gasteiger partial charge in [0.1, 0.15) is 5.82 Å². The van der Waals surface area contributed by atoms with Crippen molar-refractivity contribution in [3.8, 4) is 0 Å². The van der Waals surface area contributed by atoms with E-state index in [2.05, 4.69) is 10.2 Å². The number of hydrogen-bond acceptors (Lipinski definition) is 3. The molecule has 0 radical (unpaired) electrons. The van der Waals surface area contributed by atoms with E-state index in [4.69, 9.17) is 0 Å². The van der Waals surface area contributed by atoms with Crippen LogP contribution < -0.4 is 5.32 Å². The molecule has 194 valence electrons. The second-order valence-electron chi connectivity index (χ2n) is 10.5. The number of amides is 3. The van der Waals surface area contributed by atoms with E-state index >= 15 is 0 Å². The largest absolute Gasteiger partial charge is 0.338 e. The average Bonchev–Trinajstić information content (AvgIpc) is 2.86. The summed E-state index contributed by atoms with van der Waals surface area (Å²) < 4.78 is 40.5. The van der Waals surface area contributed by atoms with Gasteiger partial charge in [-0.05, 0) is 93.0 Å². The number of benzene rings is 2. The Bertz CT molecular complexity index is 1080. The van der Waals surface area contributed by atoms with Gasteiger partial charge in [-0.15, -0.1) is 0 Å². The lowest BCUT2D eigenvalue weighted by Crippen LogP contribution is -2.54. The van der Waals surface area contributed by atoms with Gasteiger partial charge < -0.3 is 10.2 Å². The number of nitrogens with one attached hydrogen (secondary N) is 1. The maximum atomic E-state index is 13.9. The van der Waals surface area contributed by atoms with Crippen LogP contribution in [-0.2, 0) is 4.79 Å². The van der Waals surface area contributed by atoms with Gasteiger partial charge in [-0.1, -0.05) is 32.0 Å². The van der Waals surface area contributed by atoms with Crippen molar-refractivity contribution in [1.29, 1.82) is 0 Å². The molecule has 2 aliphatic rings. The van der Waals surface area contributed by atoms with Crippen LogP contribution in [0.25, 0.3) is 0 Å². The number of carbonyl (C=O) groups is 2. The molecule has 0 saturated carbocycles. The molecule has 2 fully saturated rings. The Balaban J connectivity index is 1.29. The first-order valence-corrected chi connectivity index (χ1v) is 12.7. The maximum absolute atomic E-state index is 13.9. The van der Waals surface area contributed by atoms with Crippen LogP contribution in [0.4, 0.5) is 18.0 Å². The Morgan fingerprint density at radius 2 is 1.64 bits per heavy atom. The predicted molar refractivity (Wildman–Crippen MR) is 132 cm³/mol. The van der Waals surface area contributed by atoms with Crippen molar-refractivity contribution in [2.45, 2.75) is 57.9 Å². The van der Waals surface area contributed by atoms with E-state index in [1.54, 1.807) is 13.8 Å². The van der Waals surface area contributed by atoms with E-state index in [-0.39, 0.29) is 11.7 Å². The number of nitrogens with zero attached hydrogens (tertiary/aromatic N) is 2. The molecule has 2 aliphatic heterocycles. The van der Waals surface area contributed by atoms with Crippen molar-refractivity contribution in [2.24, 2.45) is 5.41 Å². The summed E-state index contributed by atoms with van der Waals surface area (Å²) in [6, 6.07) is 9.15. The summed E-state index contributed by atoms with van der Waals surface area (Å²) in [4.78, 5) is 29.8. The van der Waals surface area contributed by atoms with Gasteiger partial charge in [0, 0.05) is 12.0 Å². The zero-order chi connectivity index (χ0) is 25.9. The molecule has 2 aromatic rings. The Kier molecular flexibility index (Phi) is 8.03. The van der Waals surface area contributed by atoms with E-state index < -0.39 is 29.1 Å². The lowest BCUT2D eigenvalue weighted by atomic mass is 9.79. The van der Waals surface area contributed by atoms with Crippen molar-refractivity contribution in [2.75, 3.05) is 26.2 Å². The van der Waals surface area contributed by atoms with Crippen LogP contribution in [0.2, 0.25) is 0 Å². The topological polar surface area (TPSA) is 52.7 Å². The quantitative estimate of drug-likeness (QED) is 0.511. The highest BCUT2D eigenvalue weighted by molar-refractivity contribution is 5.98. The van der Waals surface area contributed by atoms with E-state index in [1.165, 1.54) is 28.7 Å². The highest BCUT2D eigenvalue weighted by atomic mass is 19.2. The molecular weight excluding hydrogens is 467 g/mol. The number of piperidine rings is 2. The number of likely N-dealkylation sites (tertiary alicyclic amines) is 2. The number of imide groups is 1. The lowest BCUT2D eigenvalue weighted by Gasteiger charge is -2.41. The first-order chi connectivity index (χ1) is 17.2. The zero-order valence-electron chi connectivity index (χ0n) is 20.9. The molecule has 0 spiro atoms. The van der Waals surface area contributed by atoms with Crippen LogP contribution >= 0.6 is 0 Å². The molecule has 0 bridgehead atoms. The molecule has 1 atom stereocenters. The van der Waals surface area contributed by atoms with Gasteiger partial charge in [-0.2, -0.15) is 0 Å². The first kappa shape index (κ1) is 26.2. The Labute approximate surface area is 210 Å². The van der Waals surface area contributed by atoms with Crippen LogP contribution in [0, 0.1) is 22.9 Å². The van der Waals surface area contributed by atoms with Gasteiger partial charge in [0.2, 0.25) is 5.91 Å². The van der Waals surface area contributed by atoms with Crippen molar-refractivity contribution in [1.82, 2.24) is 15.1 Å². The third kappa shape index (κ3) is 5.91. The van der Waals surface area contributed by atoms with Crippen LogP contribution in [0.15, 0.2) is 42.5 Å². The molecule has 36 heavy (non-hydrogen) atoms. The third-order valence-electron chi connectivity index (χ3n) is 7.56. The van der Waals surface area contributed by atoms with Gasteiger partial charge in [-0.3, -0.25) is 9.69 Å². The van der Waals surface area contributed by atoms with Gasteiger partial charge in [0.15, 0.2) is 11.6 Å². The zero-order valence-corrected chi connectivity index (χ0v) is 20.9. The maximum Gasteiger partial charge on any atom is 0.324 e. The number of urea groups is 1. The highest BCUT2D eigenvalue weighted by Gasteiger charge is 2.44. The minimum Gasteiger partial charge on any atom is -0.338 e. The first-order valence-electron chi connectivity index (χ1n) is 12.7.